The number of ether oxygens (including phenoxy) is 2. The molecular formula is C26H22ClFN4O5. The molecule has 0 aliphatic heterocycles. The number of halogens is 2. The average molecular weight is 525 g/mol. The van der Waals surface area contributed by atoms with E-state index in [9.17, 15) is 18.8 Å². The smallest absolute Gasteiger partial charge is 0.352 e. The van der Waals surface area contributed by atoms with Gasteiger partial charge in [-0.05, 0) is 41.5 Å². The molecule has 4 rings (SSSR count). The molecule has 0 bridgehead atoms. The lowest BCUT2D eigenvalue weighted by Gasteiger charge is -2.14. The minimum atomic E-state index is -0.891. The molecule has 37 heavy (non-hydrogen) atoms. The van der Waals surface area contributed by atoms with Crippen LogP contribution in [-0.4, -0.2) is 34.5 Å². The molecule has 0 saturated heterocycles. The molecule has 3 aromatic carbocycles. The van der Waals surface area contributed by atoms with Crippen LogP contribution >= 0.6 is 11.6 Å². The van der Waals surface area contributed by atoms with Gasteiger partial charge < -0.3 is 14.8 Å². The Labute approximate surface area is 215 Å². The van der Waals surface area contributed by atoms with E-state index in [1.54, 1.807) is 36.4 Å². The summed E-state index contributed by atoms with van der Waals surface area (Å²) in [6.07, 6.45) is 0. The van der Waals surface area contributed by atoms with Crippen molar-refractivity contribution in [3.05, 3.63) is 115 Å². The van der Waals surface area contributed by atoms with Crippen molar-refractivity contribution in [2.45, 2.75) is 13.1 Å². The molecule has 1 N–H and O–H groups in total. The predicted octanol–water partition coefficient (Wildman–Crippen LogP) is 3.18. The lowest BCUT2D eigenvalue weighted by molar-refractivity contribution is 0.0941. The van der Waals surface area contributed by atoms with Gasteiger partial charge in [-0.3, -0.25) is 14.2 Å². The highest BCUT2D eigenvalue weighted by atomic mass is 35.5. The third kappa shape index (κ3) is 5.54. The van der Waals surface area contributed by atoms with Crippen molar-refractivity contribution >= 4 is 17.5 Å². The maximum Gasteiger partial charge on any atom is 0.352 e. The van der Waals surface area contributed by atoms with E-state index in [0.29, 0.717) is 27.6 Å². The van der Waals surface area contributed by atoms with Crippen LogP contribution < -0.4 is 26.0 Å². The van der Waals surface area contributed by atoms with E-state index in [4.69, 9.17) is 21.1 Å². The Balaban J connectivity index is 1.81. The number of rotatable bonds is 8. The fraction of sp³-hybridized carbons (Fsp3) is 0.154. The van der Waals surface area contributed by atoms with Gasteiger partial charge in [0.1, 0.15) is 5.82 Å². The van der Waals surface area contributed by atoms with Crippen LogP contribution in [0.3, 0.4) is 0 Å². The predicted molar refractivity (Wildman–Crippen MR) is 135 cm³/mol. The van der Waals surface area contributed by atoms with Gasteiger partial charge in [-0.25, -0.2) is 9.18 Å². The van der Waals surface area contributed by atoms with Crippen molar-refractivity contribution in [1.82, 2.24) is 19.7 Å². The van der Waals surface area contributed by atoms with E-state index in [-0.39, 0.29) is 18.8 Å². The highest BCUT2D eigenvalue weighted by molar-refractivity contribution is 6.31. The normalized spacial score (nSPS) is 10.7. The Kier molecular flexibility index (Phi) is 7.69. The summed E-state index contributed by atoms with van der Waals surface area (Å²) in [6.45, 7) is -0.175. The van der Waals surface area contributed by atoms with Gasteiger partial charge in [0.15, 0.2) is 11.5 Å². The molecule has 1 amide bonds. The standard InChI is InChI=1S/C26H22ClFN4O5/c1-36-21-12-11-19(13-22(21)37-2)32-26(35)31(15-17-5-3-4-6-20(17)27)25(34)23(30-32)24(33)29-14-16-7-9-18(28)10-8-16/h3-13H,14-15H2,1-2H3,(H,29,33). The maximum absolute atomic E-state index is 13.4. The topological polar surface area (TPSA) is 104 Å². The number of amides is 1. The van der Waals surface area contributed by atoms with Crippen LogP contribution in [0.25, 0.3) is 5.69 Å². The summed E-state index contributed by atoms with van der Waals surface area (Å²) in [5, 5.41) is 7.04. The number of nitrogens with one attached hydrogen (secondary N) is 1. The van der Waals surface area contributed by atoms with E-state index in [1.165, 1.54) is 44.6 Å². The first-order valence-electron chi connectivity index (χ1n) is 11.0. The minimum Gasteiger partial charge on any atom is -0.493 e. The van der Waals surface area contributed by atoms with Gasteiger partial charge in [-0.15, -0.1) is 0 Å². The van der Waals surface area contributed by atoms with Crippen LogP contribution in [0.1, 0.15) is 21.6 Å². The fourth-order valence-electron chi connectivity index (χ4n) is 3.59. The Morgan fingerprint density at radius 2 is 1.70 bits per heavy atom. The Bertz CT molecular complexity index is 1570. The second kappa shape index (κ2) is 11.1. The molecule has 0 saturated carbocycles. The number of hydrogen-bond acceptors (Lipinski definition) is 6. The molecule has 9 nitrogen and oxygen atoms in total. The fourth-order valence-corrected chi connectivity index (χ4v) is 3.78. The molecule has 0 fully saturated rings. The average Bonchev–Trinajstić information content (AvgIpc) is 2.91. The summed E-state index contributed by atoms with van der Waals surface area (Å²) >= 11 is 6.26. The van der Waals surface area contributed by atoms with Crippen LogP contribution in [0, 0.1) is 5.82 Å². The molecule has 0 aliphatic rings. The van der Waals surface area contributed by atoms with Crippen LogP contribution in [0.15, 0.2) is 76.3 Å². The Morgan fingerprint density at radius 1 is 1.00 bits per heavy atom. The van der Waals surface area contributed by atoms with Gasteiger partial charge in [-0.1, -0.05) is 41.9 Å². The molecule has 0 spiro atoms. The summed E-state index contributed by atoms with van der Waals surface area (Å²) in [7, 11) is 2.90. The van der Waals surface area contributed by atoms with E-state index in [0.717, 1.165) is 9.25 Å². The molecule has 11 heteroatoms. The van der Waals surface area contributed by atoms with Gasteiger partial charge in [0.05, 0.1) is 26.5 Å². The number of benzene rings is 3. The number of aromatic nitrogens is 3. The zero-order valence-corrected chi connectivity index (χ0v) is 20.7. The lowest BCUT2D eigenvalue weighted by atomic mass is 10.2. The van der Waals surface area contributed by atoms with Crippen molar-refractivity contribution in [1.29, 1.82) is 0 Å². The second-order valence-electron chi connectivity index (χ2n) is 7.87. The zero-order chi connectivity index (χ0) is 26.5. The quantitative estimate of drug-likeness (QED) is 0.380. The SMILES string of the molecule is COc1ccc(-n2nc(C(=O)NCc3ccc(F)cc3)c(=O)n(Cc3ccccc3Cl)c2=O)cc1OC. The summed E-state index contributed by atoms with van der Waals surface area (Å²) < 4.78 is 25.6. The van der Waals surface area contributed by atoms with Crippen LogP contribution in [0.2, 0.25) is 5.02 Å². The summed E-state index contributed by atoms with van der Waals surface area (Å²) in [5.74, 6) is -0.488. The first kappa shape index (κ1) is 25.6. The molecule has 4 aromatic rings. The Hall–Kier alpha value is -4.44. The van der Waals surface area contributed by atoms with Crippen LogP contribution in [0.5, 0.6) is 11.5 Å². The highest BCUT2D eigenvalue weighted by Gasteiger charge is 2.21. The molecule has 1 heterocycles. The maximum atomic E-state index is 13.4. The van der Waals surface area contributed by atoms with Gasteiger partial charge in [0.25, 0.3) is 11.5 Å². The summed E-state index contributed by atoms with van der Waals surface area (Å²) in [4.78, 5) is 39.8. The van der Waals surface area contributed by atoms with Crippen molar-refractivity contribution < 1.29 is 18.7 Å². The molecule has 190 valence electrons. The summed E-state index contributed by atoms with van der Waals surface area (Å²) in [5.41, 5.74) is -0.831. The monoisotopic (exact) mass is 524 g/mol. The van der Waals surface area contributed by atoms with E-state index in [2.05, 4.69) is 10.4 Å². The third-order valence-electron chi connectivity index (χ3n) is 5.54. The number of carbonyl (C=O) groups excluding carboxylic acids is 1. The summed E-state index contributed by atoms with van der Waals surface area (Å²) in [6, 6.07) is 16.9. The third-order valence-corrected chi connectivity index (χ3v) is 5.91. The first-order valence-corrected chi connectivity index (χ1v) is 11.4. The van der Waals surface area contributed by atoms with Crippen LogP contribution in [0.4, 0.5) is 4.39 Å². The number of nitrogens with zero attached hydrogens (tertiary/aromatic N) is 3. The molecular weight excluding hydrogens is 503 g/mol. The number of hydrogen-bond donors (Lipinski definition) is 1. The Morgan fingerprint density at radius 3 is 2.38 bits per heavy atom. The molecule has 0 atom stereocenters. The highest BCUT2D eigenvalue weighted by Crippen LogP contribution is 2.28. The first-order chi connectivity index (χ1) is 17.8. The van der Waals surface area contributed by atoms with Crippen molar-refractivity contribution in [2.24, 2.45) is 0 Å². The van der Waals surface area contributed by atoms with E-state index in [1.807, 2.05) is 0 Å². The van der Waals surface area contributed by atoms with Gasteiger partial charge in [-0.2, -0.15) is 9.78 Å². The lowest BCUT2D eigenvalue weighted by Crippen LogP contribution is -2.46. The van der Waals surface area contributed by atoms with Crippen molar-refractivity contribution in [3.63, 3.8) is 0 Å². The van der Waals surface area contributed by atoms with E-state index < -0.39 is 28.7 Å². The van der Waals surface area contributed by atoms with Gasteiger partial charge in [0, 0.05) is 17.6 Å². The molecule has 0 unspecified atom stereocenters. The zero-order valence-electron chi connectivity index (χ0n) is 19.9. The van der Waals surface area contributed by atoms with Crippen molar-refractivity contribution in [3.8, 4) is 17.2 Å². The molecule has 0 aliphatic carbocycles. The van der Waals surface area contributed by atoms with E-state index >= 15 is 0 Å². The number of carbonyl (C=O) groups is 1. The molecule has 0 radical (unpaired) electrons. The van der Waals surface area contributed by atoms with Gasteiger partial charge >= 0.3 is 5.69 Å². The number of methoxy groups -OCH3 is 2. The van der Waals surface area contributed by atoms with Gasteiger partial charge in [0.2, 0.25) is 5.69 Å². The molecule has 1 aromatic heterocycles. The van der Waals surface area contributed by atoms with Crippen LogP contribution in [-0.2, 0) is 13.1 Å². The largest absolute Gasteiger partial charge is 0.493 e. The van der Waals surface area contributed by atoms with Crippen molar-refractivity contribution in [2.75, 3.05) is 14.2 Å². The second-order valence-corrected chi connectivity index (χ2v) is 8.28. The minimum absolute atomic E-state index is 0.0141.